The Balaban J connectivity index is 1.89. The van der Waals surface area contributed by atoms with Gasteiger partial charge in [-0.1, -0.05) is 86.6 Å². The molecule has 1 aliphatic heterocycles. The molecular formula is C24H30N4O2Si. The molecule has 162 valence electrons. The molecule has 0 spiro atoms. The molecule has 0 aromatic heterocycles. The Hall–Kier alpha value is -2.86. The second-order valence-corrected chi connectivity index (χ2v) is 14.1. The normalized spacial score (nSPS) is 19.3. The van der Waals surface area contributed by atoms with Gasteiger partial charge in [-0.2, -0.15) is 0 Å². The summed E-state index contributed by atoms with van der Waals surface area (Å²) in [5.74, 6) is -0.194. The van der Waals surface area contributed by atoms with Crippen molar-refractivity contribution in [3.05, 3.63) is 82.2 Å². The third kappa shape index (κ3) is 4.90. The molecule has 7 heteroatoms. The van der Waals surface area contributed by atoms with Crippen molar-refractivity contribution in [3.63, 3.8) is 0 Å². The zero-order valence-electron chi connectivity index (χ0n) is 18.8. The Morgan fingerprint density at radius 1 is 1.13 bits per heavy atom. The van der Waals surface area contributed by atoms with Crippen molar-refractivity contribution in [2.24, 2.45) is 5.11 Å². The molecule has 1 amide bonds. The van der Waals surface area contributed by atoms with Crippen molar-refractivity contribution >= 4 is 26.0 Å². The summed E-state index contributed by atoms with van der Waals surface area (Å²) in [5.41, 5.74) is 11.7. The summed E-state index contributed by atoms with van der Waals surface area (Å²) in [6, 6.07) is 16.6. The summed E-state index contributed by atoms with van der Waals surface area (Å²) in [6.45, 7) is 11.5. The number of para-hydroxylation sites is 1. The molecule has 2 aromatic carbocycles. The van der Waals surface area contributed by atoms with Gasteiger partial charge in [0.15, 0.2) is 8.32 Å². The summed E-state index contributed by atoms with van der Waals surface area (Å²) in [6.07, 6.45) is 3.89. The smallest absolute Gasteiger partial charge is 0.239 e. The Kier molecular flexibility index (Phi) is 6.70. The first-order chi connectivity index (χ1) is 14.7. The highest BCUT2D eigenvalue weighted by Gasteiger charge is 2.47. The van der Waals surface area contributed by atoms with Crippen LogP contribution in [0.3, 0.4) is 0 Å². The topological polar surface area (TPSA) is 78.3 Å². The molecule has 0 saturated carbocycles. The van der Waals surface area contributed by atoms with Gasteiger partial charge < -0.3 is 9.33 Å². The number of benzene rings is 2. The zero-order valence-corrected chi connectivity index (χ0v) is 19.8. The van der Waals surface area contributed by atoms with Crippen molar-refractivity contribution in [2.75, 3.05) is 4.90 Å². The number of β-lactam (4-membered cyclic amide) rings is 1. The van der Waals surface area contributed by atoms with Crippen LogP contribution in [-0.4, -0.2) is 26.3 Å². The van der Waals surface area contributed by atoms with E-state index < -0.39 is 14.4 Å². The summed E-state index contributed by atoms with van der Waals surface area (Å²) in [7, 11) is -1.94. The molecule has 0 N–H and O–H groups in total. The monoisotopic (exact) mass is 434 g/mol. The molecule has 2 aromatic rings. The van der Waals surface area contributed by atoms with E-state index in [2.05, 4.69) is 43.9 Å². The first-order valence-electron chi connectivity index (χ1n) is 10.5. The van der Waals surface area contributed by atoms with Crippen LogP contribution in [-0.2, 0) is 15.8 Å². The van der Waals surface area contributed by atoms with E-state index in [9.17, 15) is 4.79 Å². The molecule has 31 heavy (non-hydrogen) atoms. The van der Waals surface area contributed by atoms with Gasteiger partial charge in [-0.05, 0) is 35.3 Å². The summed E-state index contributed by atoms with van der Waals surface area (Å²) >= 11 is 0. The number of rotatable bonds is 7. The summed E-state index contributed by atoms with van der Waals surface area (Å²) < 4.78 is 6.41. The number of anilines is 1. The lowest BCUT2D eigenvalue weighted by Gasteiger charge is -2.44. The number of carbonyl (C=O) groups excluding carboxylic acids is 1. The number of azide groups is 1. The molecule has 1 heterocycles. The maximum absolute atomic E-state index is 12.9. The van der Waals surface area contributed by atoms with Crippen LogP contribution in [0.25, 0.3) is 16.5 Å². The predicted molar refractivity (Wildman–Crippen MR) is 128 cm³/mol. The van der Waals surface area contributed by atoms with Gasteiger partial charge in [0.25, 0.3) is 0 Å². The predicted octanol–water partition coefficient (Wildman–Crippen LogP) is 6.32. The SMILES string of the molecule is CC(C)(C)[Si](C)(C)OCc1ccccc1N1C(=O)[C@H](N=[N+]=[N-])[C@H]1/C=C/c1ccccc1. The van der Waals surface area contributed by atoms with E-state index in [1.807, 2.05) is 66.7 Å². The minimum Gasteiger partial charge on any atom is -0.412 e. The lowest BCUT2D eigenvalue weighted by Crippen LogP contribution is -2.63. The van der Waals surface area contributed by atoms with Gasteiger partial charge in [0.05, 0.1) is 12.6 Å². The van der Waals surface area contributed by atoms with Gasteiger partial charge in [-0.3, -0.25) is 4.79 Å². The fraction of sp³-hybridized carbons (Fsp3) is 0.375. The minimum absolute atomic E-state index is 0.0993. The van der Waals surface area contributed by atoms with Gasteiger partial charge in [0, 0.05) is 16.2 Å². The van der Waals surface area contributed by atoms with Crippen LogP contribution in [0.4, 0.5) is 5.69 Å². The molecule has 0 bridgehead atoms. The Morgan fingerprint density at radius 3 is 2.42 bits per heavy atom. The number of amides is 1. The van der Waals surface area contributed by atoms with Gasteiger partial charge in [-0.15, -0.1) is 0 Å². The second kappa shape index (κ2) is 9.10. The quantitative estimate of drug-likeness (QED) is 0.168. The van der Waals surface area contributed by atoms with Gasteiger partial charge >= 0.3 is 0 Å². The van der Waals surface area contributed by atoms with E-state index in [1.165, 1.54) is 0 Å². The average molecular weight is 435 g/mol. The van der Waals surface area contributed by atoms with Crippen LogP contribution in [0.5, 0.6) is 0 Å². The molecule has 6 nitrogen and oxygen atoms in total. The lowest BCUT2D eigenvalue weighted by molar-refractivity contribution is -0.125. The molecule has 1 aliphatic rings. The molecule has 0 radical (unpaired) electrons. The minimum atomic E-state index is -1.94. The number of hydrogen-bond acceptors (Lipinski definition) is 3. The number of nitrogens with zero attached hydrogens (tertiary/aromatic N) is 4. The van der Waals surface area contributed by atoms with Crippen LogP contribution in [0.1, 0.15) is 31.9 Å². The Labute approximate surface area is 185 Å². The summed E-state index contributed by atoms with van der Waals surface area (Å²) in [4.78, 5) is 17.5. The summed E-state index contributed by atoms with van der Waals surface area (Å²) in [5, 5.41) is 3.84. The van der Waals surface area contributed by atoms with E-state index in [4.69, 9.17) is 9.96 Å². The van der Waals surface area contributed by atoms with Crippen LogP contribution in [0.15, 0.2) is 65.8 Å². The molecule has 1 fully saturated rings. The second-order valence-electron chi connectivity index (χ2n) is 9.30. The highest BCUT2D eigenvalue weighted by Crippen LogP contribution is 2.39. The fourth-order valence-corrected chi connectivity index (χ4v) is 4.20. The van der Waals surface area contributed by atoms with Crippen molar-refractivity contribution in [3.8, 4) is 0 Å². The highest BCUT2D eigenvalue weighted by molar-refractivity contribution is 6.74. The van der Waals surface area contributed by atoms with Crippen LogP contribution < -0.4 is 4.90 Å². The van der Waals surface area contributed by atoms with Crippen LogP contribution >= 0.6 is 0 Å². The van der Waals surface area contributed by atoms with Gasteiger partial charge in [0.1, 0.15) is 6.04 Å². The first kappa shape index (κ1) is 22.8. The van der Waals surface area contributed by atoms with E-state index in [-0.39, 0.29) is 17.0 Å². The highest BCUT2D eigenvalue weighted by atomic mass is 28.4. The van der Waals surface area contributed by atoms with E-state index in [1.54, 1.807) is 4.90 Å². The van der Waals surface area contributed by atoms with Crippen LogP contribution in [0, 0.1) is 0 Å². The Bertz CT molecular complexity index is 1010. The molecule has 1 saturated heterocycles. The molecule has 3 rings (SSSR count). The number of hydrogen-bond donors (Lipinski definition) is 0. The van der Waals surface area contributed by atoms with Gasteiger partial charge in [-0.25, -0.2) is 0 Å². The van der Waals surface area contributed by atoms with Crippen molar-refractivity contribution < 1.29 is 9.22 Å². The van der Waals surface area contributed by atoms with Crippen LogP contribution in [0.2, 0.25) is 18.1 Å². The maximum atomic E-state index is 12.9. The van der Waals surface area contributed by atoms with Crippen molar-refractivity contribution in [1.82, 2.24) is 0 Å². The number of carbonyl (C=O) groups is 1. The first-order valence-corrected chi connectivity index (χ1v) is 13.4. The largest absolute Gasteiger partial charge is 0.412 e. The van der Waals surface area contributed by atoms with E-state index in [0.29, 0.717) is 6.61 Å². The lowest BCUT2D eigenvalue weighted by atomic mass is 9.92. The van der Waals surface area contributed by atoms with E-state index >= 15 is 0 Å². The molecular weight excluding hydrogens is 404 g/mol. The fourth-order valence-electron chi connectivity index (χ4n) is 3.25. The van der Waals surface area contributed by atoms with Gasteiger partial charge in [0.2, 0.25) is 5.91 Å². The standard InChI is InChI=1S/C24H30N4O2Si/c1-24(2,3)31(4,5)30-17-19-13-9-10-14-20(19)28-21(22(23(28)29)26-27-25)16-15-18-11-7-6-8-12-18/h6-16,21-22H,17H2,1-5H3/b16-15+/t21-,22-/m1/s1. The molecule has 2 atom stereocenters. The average Bonchev–Trinajstić information content (AvgIpc) is 2.73. The Morgan fingerprint density at radius 2 is 1.77 bits per heavy atom. The molecule has 0 aliphatic carbocycles. The van der Waals surface area contributed by atoms with Crippen molar-refractivity contribution in [2.45, 2.75) is 57.6 Å². The van der Waals surface area contributed by atoms with Crippen molar-refractivity contribution in [1.29, 1.82) is 0 Å². The third-order valence-electron chi connectivity index (χ3n) is 6.22. The maximum Gasteiger partial charge on any atom is 0.239 e. The molecule has 0 unspecified atom stereocenters. The third-order valence-corrected chi connectivity index (χ3v) is 10.7. The van der Waals surface area contributed by atoms with E-state index in [0.717, 1.165) is 16.8 Å². The zero-order chi connectivity index (χ0) is 22.6.